The minimum absolute atomic E-state index is 0.0133. The first-order chi connectivity index (χ1) is 6.58. The van der Waals surface area contributed by atoms with Crippen molar-refractivity contribution in [2.24, 2.45) is 0 Å². The monoisotopic (exact) mass is 214 g/mol. The van der Waals surface area contributed by atoms with Gasteiger partial charge in [-0.2, -0.15) is 0 Å². The van der Waals surface area contributed by atoms with Crippen LogP contribution >= 0.6 is 11.6 Å². The molecule has 0 N–H and O–H groups in total. The maximum absolute atomic E-state index is 6.32. The van der Waals surface area contributed by atoms with Crippen molar-refractivity contribution in [3.63, 3.8) is 0 Å². The highest BCUT2D eigenvalue weighted by molar-refractivity contribution is 6.20. The van der Waals surface area contributed by atoms with Gasteiger partial charge in [0.2, 0.25) is 0 Å². The molecule has 2 aliphatic rings. The molecule has 0 radical (unpaired) electrons. The third-order valence-corrected chi connectivity index (χ3v) is 3.87. The minimum atomic E-state index is 0.0133. The molecule has 0 aliphatic carbocycles. The number of hydrogen-bond donors (Lipinski definition) is 0. The summed E-state index contributed by atoms with van der Waals surface area (Å²) in [5, 5.41) is 0.286. The summed E-state index contributed by atoms with van der Waals surface area (Å²) in [6.07, 6.45) is 8.51. The second-order valence-corrected chi connectivity index (χ2v) is 5.70. The van der Waals surface area contributed by atoms with Gasteiger partial charge in [-0.25, -0.2) is 0 Å². The van der Waals surface area contributed by atoms with Gasteiger partial charge < -0.3 is 4.74 Å². The van der Waals surface area contributed by atoms with Crippen molar-refractivity contribution in [1.29, 1.82) is 0 Å². The zero-order chi connectivity index (χ0) is 10.2. The number of halogens is 1. The molecule has 2 fully saturated rings. The van der Waals surface area contributed by atoms with Crippen LogP contribution in [-0.4, -0.2) is 16.6 Å². The van der Waals surface area contributed by atoms with Crippen molar-refractivity contribution >= 4 is 11.6 Å². The summed E-state index contributed by atoms with van der Waals surface area (Å²) >= 11 is 6.32. The largest absolute Gasteiger partial charge is 0.368 e. The molecule has 80 valence electrons. The Labute approximate surface area is 91.5 Å². The van der Waals surface area contributed by atoms with Crippen LogP contribution in [0.15, 0.2) is 12.7 Å². The summed E-state index contributed by atoms with van der Waals surface area (Å²) in [5.74, 6) is 0. The minimum Gasteiger partial charge on any atom is -0.368 e. The molecule has 3 atom stereocenters. The van der Waals surface area contributed by atoms with E-state index in [1.807, 2.05) is 6.08 Å². The van der Waals surface area contributed by atoms with Crippen LogP contribution < -0.4 is 0 Å². The Hall–Kier alpha value is -0.0100. The fourth-order valence-electron chi connectivity index (χ4n) is 3.13. The van der Waals surface area contributed by atoms with Gasteiger partial charge in [0.15, 0.2) is 0 Å². The molecule has 1 nitrogen and oxygen atoms in total. The molecular weight excluding hydrogens is 196 g/mol. The molecule has 2 rings (SSSR count). The summed E-state index contributed by atoms with van der Waals surface area (Å²) in [5.41, 5.74) is 0.0470. The van der Waals surface area contributed by atoms with E-state index in [1.165, 1.54) is 6.42 Å². The highest BCUT2D eigenvalue weighted by Crippen LogP contribution is 2.48. The normalized spacial score (nSPS) is 47.4. The fraction of sp³-hybridized carbons (Fsp3) is 0.833. The Morgan fingerprint density at radius 1 is 1.50 bits per heavy atom. The lowest BCUT2D eigenvalue weighted by Gasteiger charge is -2.52. The Morgan fingerprint density at radius 3 is 3.00 bits per heavy atom. The van der Waals surface area contributed by atoms with Crippen LogP contribution in [0.3, 0.4) is 0 Å². The average molecular weight is 215 g/mol. The Kier molecular flexibility index (Phi) is 2.65. The van der Waals surface area contributed by atoms with Crippen LogP contribution in [0.2, 0.25) is 0 Å². The summed E-state index contributed by atoms with van der Waals surface area (Å²) in [6, 6.07) is 0. The lowest BCUT2D eigenvalue weighted by atomic mass is 9.74. The first-order valence-electron chi connectivity index (χ1n) is 5.53. The Balaban J connectivity index is 2.19. The molecule has 0 saturated carbocycles. The summed E-state index contributed by atoms with van der Waals surface area (Å²) in [4.78, 5) is 0. The molecule has 0 amide bonds. The van der Waals surface area contributed by atoms with Crippen LogP contribution in [-0.2, 0) is 4.74 Å². The van der Waals surface area contributed by atoms with Gasteiger partial charge in [0.1, 0.15) is 0 Å². The molecule has 2 saturated heterocycles. The first-order valence-corrected chi connectivity index (χ1v) is 5.96. The van der Waals surface area contributed by atoms with Crippen LogP contribution in [0, 0.1) is 0 Å². The predicted molar refractivity (Wildman–Crippen MR) is 59.8 cm³/mol. The molecule has 2 heterocycles. The van der Waals surface area contributed by atoms with Crippen LogP contribution in [0.4, 0.5) is 0 Å². The van der Waals surface area contributed by atoms with Gasteiger partial charge in [-0.15, -0.1) is 18.2 Å². The zero-order valence-electron chi connectivity index (χ0n) is 8.89. The summed E-state index contributed by atoms with van der Waals surface area (Å²) < 4.78 is 6.25. The highest BCUT2D eigenvalue weighted by atomic mass is 35.5. The molecule has 0 aromatic heterocycles. The standard InChI is InChI=1S/C12H19ClO/c1-3-5-12-7-4-6-11(2,14-12)8-10(13)9-12/h3,10H,1,4-9H2,2H3/t10-,11-,12+/m0/s1. The molecule has 2 aliphatic heterocycles. The van der Waals surface area contributed by atoms with Crippen molar-refractivity contribution in [1.82, 2.24) is 0 Å². The smallest absolute Gasteiger partial charge is 0.0738 e. The Morgan fingerprint density at radius 2 is 2.29 bits per heavy atom. The van der Waals surface area contributed by atoms with E-state index >= 15 is 0 Å². The van der Waals surface area contributed by atoms with Gasteiger partial charge in [0, 0.05) is 5.38 Å². The van der Waals surface area contributed by atoms with E-state index in [-0.39, 0.29) is 16.6 Å². The van der Waals surface area contributed by atoms with E-state index in [4.69, 9.17) is 16.3 Å². The maximum Gasteiger partial charge on any atom is 0.0738 e. The number of hydrogen-bond acceptors (Lipinski definition) is 1. The van der Waals surface area contributed by atoms with E-state index in [2.05, 4.69) is 13.5 Å². The Bertz CT molecular complexity index is 240. The van der Waals surface area contributed by atoms with Gasteiger partial charge in [0.25, 0.3) is 0 Å². The zero-order valence-corrected chi connectivity index (χ0v) is 9.65. The third-order valence-electron chi connectivity index (χ3n) is 3.56. The number of rotatable bonds is 2. The van der Waals surface area contributed by atoms with E-state index in [9.17, 15) is 0 Å². The van der Waals surface area contributed by atoms with Gasteiger partial charge in [-0.3, -0.25) is 0 Å². The molecule has 0 aromatic rings. The van der Waals surface area contributed by atoms with Crippen molar-refractivity contribution in [2.45, 2.75) is 62.0 Å². The van der Waals surface area contributed by atoms with Crippen LogP contribution in [0.5, 0.6) is 0 Å². The van der Waals surface area contributed by atoms with Crippen molar-refractivity contribution in [3.05, 3.63) is 12.7 Å². The lowest BCUT2D eigenvalue weighted by molar-refractivity contribution is -0.209. The average Bonchev–Trinajstić information content (AvgIpc) is 2.00. The van der Waals surface area contributed by atoms with Crippen LogP contribution in [0.1, 0.15) is 45.4 Å². The molecule has 2 bridgehead atoms. The molecule has 0 spiro atoms. The van der Waals surface area contributed by atoms with Gasteiger partial charge in [-0.05, 0) is 45.4 Å². The number of ether oxygens (including phenoxy) is 1. The van der Waals surface area contributed by atoms with E-state index in [1.54, 1.807) is 0 Å². The highest BCUT2D eigenvalue weighted by Gasteiger charge is 2.48. The van der Waals surface area contributed by atoms with Gasteiger partial charge in [0.05, 0.1) is 11.2 Å². The van der Waals surface area contributed by atoms with E-state index in [0.717, 1.165) is 32.1 Å². The molecule has 14 heavy (non-hydrogen) atoms. The predicted octanol–water partition coefficient (Wildman–Crippen LogP) is 3.66. The second-order valence-electron chi connectivity index (χ2n) is 5.09. The molecular formula is C12H19ClO. The summed E-state index contributed by atoms with van der Waals surface area (Å²) in [7, 11) is 0. The molecule has 2 heteroatoms. The second kappa shape index (κ2) is 3.53. The van der Waals surface area contributed by atoms with Crippen molar-refractivity contribution < 1.29 is 4.74 Å². The van der Waals surface area contributed by atoms with E-state index in [0.29, 0.717) is 0 Å². The maximum atomic E-state index is 6.32. The number of fused-ring (bicyclic) bond motifs is 2. The third kappa shape index (κ3) is 1.85. The summed E-state index contributed by atoms with van der Waals surface area (Å²) in [6.45, 7) is 6.03. The SMILES string of the molecule is C=CC[C@@]12CCC[C@@](C)(C[C@H](Cl)C1)O2. The fourth-order valence-corrected chi connectivity index (χ4v) is 3.74. The molecule has 0 unspecified atom stereocenters. The first kappa shape index (κ1) is 10.5. The van der Waals surface area contributed by atoms with Gasteiger partial charge >= 0.3 is 0 Å². The quantitative estimate of drug-likeness (QED) is 0.504. The van der Waals surface area contributed by atoms with Crippen molar-refractivity contribution in [3.8, 4) is 0 Å². The van der Waals surface area contributed by atoms with Gasteiger partial charge in [-0.1, -0.05) is 6.08 Å². The van der Waals surface area contributed by atoms with Crippen molar-refractivity contribution in [2.75, 3.05) is 0 Å². The number of alkyl halides is 1. The topological polar surface area (TPSA) is 9.23 Å². The van der Waals surface area contributed by atoms with Crippen LogP contribution in [0.25, 0.3) is 0 Å². The lowest BCUT2D eigenvalue weighted by Crippen LogP contribution is -2.53. The van der Waals surface area contributed by atoms with E-state index < -0.39 is 0 Å². The molecule has 0 aromatic carbocycles.